The van der Waals surface area contributed by atoms with Gasteiger partial charge in [0.1, 0.15) is 11.9 Å². The Morgan fingerprint density at radius 2 is 1.79 bits per heavy atom. The van der Waals surface area contributed by atoms with Crippen LogP contribution in [0, 0.1) is 0 Å². The molecule has 1 N–H and O–H groups in total. The summed E-state index contributed by atoms with van der Waals surface area (Å²) < 4.78 is 5.93. The smallest absolute Gasteiger partial charge is 0.225 e. The van der Waals surface area contributed by atoms with Crippen molar-refractivity contribution in [3.8, 4) is 5.75 Å². The van der Waals surface area contributed by atoms with E-state index in [2.05, 4.69) is 32.0 Å². The molecule has 152 valence electrons. The number of halogens is 1. The lowest BCUT2D eigenvalue weighted by atomic mass is 10.3. The van der Waals surface area contributed by atoms with Gasteiger partial charge in [0.25, 0.3) is 0 Å². The van der Waals surface area contributed by atoms with Crippen LogP contribution < -0.4 is 15.0 Å². The van der Waals surface area contributed by atoms with Gasteiger partial charge in [-0.2, -0.15) is 0 Å². The molecule has 0 aliphatic carbocycles. The van der Waals surface area contributed by atoms with Crippen LogP contribution in [0.4, 0.5) is 5.95 Å². The number of benzene rings is 1. The Labute approximate surface area is 184 Å². The van der Waals surface area contributed by atoms with E-state index < -0.39 is 0 Å². The van der Waals surface area contributed by atoms with Gasteiger partial charge in [-0.25, -0.2) is 15.0 Å². The Morgan fingerprint density at radius 3 is 2.43 bits per heavy atom. The van der Waals surface area contributed by atoms with Crippen molar-refractivity contribution in [2.24, 2.45) is 4.99 Å². The van der Waals surface area contributed by atoms with Gasteiger partial charge >= 0.3 is 0 Å². The van der Waals surface area contributed by atoms with E-state index in [1.807, 2.05) is 43.3 Å². The van der Waals surface area contributed by atoms with E-state index in [0.717, 1.165) is 50.4 Å². The molecular formula is C20H29IN6O. The Balaban J connectivity index is 0.00000280. The molecule has 0 saturated carbocycles. The standard InChI is InChI=1S/C20H28N6O.HI/c1-3-21-19(24-16-17(2)27-18-8-5-4-6-9-18)25-12-14-26(15-13-25)20-22-10-7-11-23-20;/h4-11,17H,3,12-16H2,1-2H3,(H,21,24);1H. The Hall–Kier alpha value is -2.10. The van der Waals surface area contributed by atoms with Crippen LogP contribution in [0.2, 0.25) is 0 Å². The van der Waals surface area contributed by atoms with Gasteiger partial charge in [-0.05, 0) is 32.0 Å². The molecule has 7 nitrogen and oxygen atoms in total. The van der Waals surface area contributed by atoms with Crippen LogP contribution in [-0.2, 0) is 0 Å². The number of hydrogen-bond acceptors (Lipinski definition) is 5. The number of hydrogen-bond donors (Lipinski definition) is 1. The van der Waals surface area contributed by atoms with Gasteiger partial charge in [-0.3, -0.25) is 0 Å². The Bertz CT molecular complexity index is 707. The van der Waals surface area contributed by atoms with E-state index in [1.165, 1.54) is 0 Å². The summed E-state index contributed by atoms with van der Waals surface area (Å²) >= 11 is 0. The highest BCUT2D eigenvalue weighted by Gasteiger charge is 2.21. The zero-order valence-corrected chi connectivity index (χ0v) is 18.8. The fourth-order valence-corrected chi connectivity index (χ4v) is 2.98. The number of rotatable bonds is 6. The first-order valence-electron chi connectivity index (χ1n) is 9.53. The molecular weight excluding hydrogens is 467 g/mol. The lowest BCUT2D eigenvalue weighted by molar-refractivity contribution is 0.229. The zero-order valence-electron chi connectivity index (χ0n) is 16.5. The van der Waals surface area contributed by atoms with Crippen molar-refractivity contribution in [1.29, 1.82) is 0 Å². The first-order valence-corrected chi connectivity index (χ1v) is 9.53. The van der Waals surface area contributed by atoms with Crippen LogP contribution >= 0.6 is 24.0 Å². The van der Waals surface area contributed by atoms with Gasteiger partial charge in [0.05, 0.1) is 6.54 Å². The third-order valence-corrected chi connectivity index (χ3v) is 4.33. The second kappa shape index (κ2) is 11.7. The van der Waals surface area contributed by atoms with Crippen molar-refractivity contribution in [1.82, 2.24) is 20.2 Å². The first-order chi connectivity index (χ1) is 13.3. The van der Waals surface area contributed by atoms with E-state index in [4.69, 9.17) is 9.73 Å². The van der Waals surface area contributed by atoms with E-state index in [-0.39, 0.29) is 30.1 Å². The highest BCUT2D eigenvalue weighted by atomic mass is 127. The minimum Gasteiger partial charge on any atom is -0.489 e. The largest absolute Gasteiger partial charge is 0.489 e. The molecule has 1 unspecified atom stereocenters. The fraction of sp³-hybridized carbons (Fsp3) is 0.450. The van der Waals surface area contributed by atoms with Crippen LogP contribution in [-0.4, -0.2) is 66.2 Å². The number of para-hydroxylation sites is 1. The molecule has 28 heavy (non-hydrogen) atoms. The van der Waals surface area contributed by atoms with Gasteiger partial charge in [0, 0.05) is 45.1 Å². The number of ether oxygens (including phenoxy) is 1. The summed E-state index contributed by atoms with van der Waals surface area (Å²) in [6.45, 7) is 9.12. The van der Waals surface area contributed by atoms with Crippen molar-refractivity contribution >= 4 is 35.9 Å². The maximum Gasteiger partial charge on any atom is 0.225 e. The van der Waals surface area contributed by atoms with Gasteiger partial charge in [-0.1, -0.05) is 18.2 Å². The summed E-state index contributed by atoms with van der Waals surface area (Å²) in [6.07, 6.45) is 3.59. The maximum absolute atomic E-state index is 5.93. The van der Waals surface area contributed by atoms with Gasteiger partial charge in [0.2, 0.25) is 5.95 Å². The van der Waals surface area contributed by atoms with Crippen LogP contribution in [0.3, 0.4) is 0 Å². The first kappa shape index (κ1) is 22.2. The molecule has 3 rings (SSSR count). The third-order valence-electron chi connectivity index (χ3n) is 4.33. The molecule has 1 saturated heterocycles. The molecule has 1 aliphatic rings. The lowest BCUT2D eigenvalue weighted by Gasteiger charge is -2.36. The summed E-state index contributed by atoms with van der Waals surface area (Å²) in [4.78, 5) is 18.0. The molecule has 0 spiro atoms. The molecule has 2 aromatic rings. The summed E-state index contributed by atoms with van der Waals surface area (Å²) in [5.41, 5.74) is 0. The van der Waals surface area contributed by atoms with Gasteiger partial charge in [-0.15, -0.1) is 24.0 Å². The zero-order chi connectivity index (χ0) is 18.9. The summed E-state index contributed by atoms with van der Waals surface area (Å²) in [7, 11) is 0. The van der Waals surface area contributed by atoms with Crippen molar-refractivity contribution in [3.63, 3.8) is 0 Å². The monoisotopic (exact) mass is 496 g/mol. The summed E-state index contributed by atoms with van der Waals surface area (Å²) in [6, 6.07) is 11.7. The number of anilines is 1. The topological polar surface area (TPSA) is 65.9 Å². The summed E-state index contributed by atoms with van der Waals surface area (Å²) in [5, 5.41) is 3.40. The molecule has 0 amide bonds. The van der Waals surface area contributed by atoms with E-state index in [1.54, 1.807) is 12.4 Å². The predicted octanol–water partition coefficient (Wildman–Crippen LogP) is 2.65. The molecule has 0 bridgehead atoms. The number of piperazine rings is 1. The minimum atomic E-state index is 0. The average Bonchev–Trinajstić information content (AvgIpc) is 2.73. The number of aliphatic imine (C=N–C) groups is 1. The van der Waals surface area contributed by atoms with E-state index >= 15 is 0 Å². The van der Waals surface area contributed by atoms with E-state index in [9.17, 15) is 0 Å². The van der Waals surface area contributed by atoms with Crippen LogP contribution in [0.5, 0.6) is 5.75 Å². The Morgan fingerprint density at radius 1 is 1.11 bits per heavy atom. The average molecular weight is 496 g/mol. The molecule has 1 fully saturated rings. The van der Waals surface area contributed by atoms with Gasteiger partial charge in [0.15, 0.2) is 5.96 Å². The van der Waals surface area contributed by atoms with Crippen molar-refractivity contribution in [2.45, 2.75) is 20.0 Å². The minimum absolute atomic E-state index is 0. The highest BCUT2D eigenvalue weighted by molar-refractivity contribution is 14.0. The van der Waals surface area contributed by atoms with Crippen molar-refractivity contribution in [3.05, 3.63) is 48.8 Å². The second-order valence-electron chi connectivity index (χ2n) is 6.46. The number of aromatic nitrogens is 2. The van der Waals surface area contributed by atoms with Gasteiger partial charge < -0.3 is 19.9 Å². The molecule has 0 radical (unpaired) electrons. The SMILES string of the molecule is CCNC(=NCC(C)Oc1ccccc1)N1CCN(c2ncccn2)CC1.I. The van der Waals surface area contributed by atoms with Crippen molar-refractivity contribution in [2.75, 3.05) is 44.2 Å². The molecule has 8 heteroatoms. The molecule has 1 aromatic heterocycles. The molecule has 2 heterocycles. The van der Waals surface area contributed by atoms with Crippen LogP contribution in [0.15, 0.2) is 53.8 Å². The molecule has 1 aromatic carbocycles. The lowest BCUT2D eigenvalue weighted by Crippen LogP contribution is -2.53. The van der Waals surface area contributed by atoms with E-state index in [0.29, 0.717) is 6.54 Å². The van der Waals surface area contributed by atoms with Crippen LogP contribution in [0.25, 0.3) is 0 Å². The number of nitrogens with one attached hydrogen (secondary N) is 1. The highest BCUT2D eigenvalue weighted by Crippen LogP contribution is 2.12. The number of nitrogens with zero attached hydrogens (tertiary/aromatic N) is 5. The quantitative estimate of drug-likeness (QED) is 0.377. The Kier molecular flexibility index (Phi) is 9.26. The fourth-order valence-electron chi connectivity index (χ4n) is 2.98. The van der Waals surface area contributed by atoms with Crippen molar-refractivity contribution < 1.29 is 4.74 Å². The molecule has 1 atom stereocenters. The summed E-state index contributed by atoms with van der Waals surface area (Å²) in [5.74, 6) is 2.61. The predicted molar refractivity (Wildman–Crippen MR) is 124 cm³/mol. The maximum atomic E-state index is 5.93. The number of guanidine groups is 1. The van der Waals surface area contributed by atoms with Crippen LogP contribution in [0.1, 0.15) is 13.8 Å². The normalized spacial score (nSPS) is 15.6. The second-order valence-corrected chi connectivity index (χ2v) is 6.46. The third kappa shape index (κ3) is 6.50. The molecule has 1 aliphatic heterocycles.